The van der Waals surface area contributed by atoms with Crippen molar-refractivity contribution < 1.29 is 133 Å². The molecule has 0 heterocycles. The number of fused-ring (bicyclic) bond motifs is 4. The molecule has 1 N–H and O–H groups in total. The zero-order valence-electron chi connectivity index (χ0n) is 62.4. The van der Waals surface area contributed by atoms with Crippen LogP contribution >= 0.6 is 0 Å². The summed E-state index contributed by atoms with van der Waals surface area (Å²) < 4.78 is 452. The lowest BCUT2D eigenvalue weighted by atomic mass is 9.11. The number of benzene rings is 9. The average molecular weight is 1650 g/mol. The van der Waals surface area contributed by atoms with Crippen molar-refractivity contribution in [2.75, 3.05) is 20.2 Å². The highest BCUT2D eigenvalue weighted by atomic mass is 19.2. The predicted octanol–water partition coefficient (Wildman–Crippen LogP) is 25.3. The third-order valence-electron chi connectivity index (χ3n) is 21.3. The Kier molecular flexibility index (Phi) is 33.0. The molecule has 0 aliphatic carbocycles. The third-order valence-corrected chi connectivity index (χ3v) is 21.3. The molecule has 2 nitrogen and oxygen atoms in total. The van der Waals surface area contributed by atoms with Crippen molar-refractivity contribution in [3.8, 4) is 5.75 Å². The zero-order valence-corrected chi connectivity index (χ0v) is 62.4. The van der Waals surface area contributed by atoms with E-state index in [2.05, 4.69) is 45.2 Å². The zero-order chi connectivity index (χ0) is 83.9. The number of hydrogen-bond donors (Lipinski definition) is 1. The molecule has 0 saturated carbocycles. The molecule has 9 aromatic carbocycles. The molecule has 0 spiro atoms. The Morgan fingerprint density at radius 1 is 0.211 bits per heavy atom. The van der Waals surface area contributed by atoms with Gasteiger partial charge in [-0.2, -0.15) is 0 Å². The molecule has 9 rings (SSSR count). The predicted molar refractivity (Wildman–Crippen MR) is 381 cm³/mol. The van der Waals surface area contributed by atoms with Gasteiger partial charge >= 0.3 is 0 Å². The van der Waals surface area contributed by atoms with Crippen molar-refractivity contribution in [1.29, 1.82) is 0 Å². The fraction of sp³-hybridized carbons (Fsp3) is 0.446. The molecular weight excluding hydrogens is 1570 g/mol. The lowest BCUT2D eigenvalue weighted by Gasteiger charge is -2.47. The van der Waals surface area contributed by atoms with E-state index in [0.29, 0.717) is 0 Å². The minimum Gasteiger partial charge on any atom is -0.494 e. The minimum atomic E-state index is -8.05. The summed E-state index contributed by atoms with van der Waals surface area (Å²) in [5.74, 6) is -103. The highest BCUT2D eigenvalue weighted by molar-refractivity contribution is 7.23. The normalized spacial score (nSPS) is 12.3. The van der Waals surface area contributed by atoms with Crippen LogP contribution in [0.15, 0.2) is 24.3 Å². The fourth-order valence-electron chi connectivity index (χ4n) is 15.3. The lowest BCUT2D eigenvalue weighted by Crippen LogP contribution is -3.03. The molecular formula is C83H82BF28NO. The Morgan fingerprint density at radius 2 is 0.386 bits per heavy atom. The summed E-state index contributed by atoms with van der Waals surface area (Å²) >= 11 is 0. The van der Waals surface area contributed by atoms with Gasteiger partial charge in [-0.05, 0) is 52.9 Å². The van der Waals surface area contributed by atoms with Crippen molar-refractivity contribution in [3.63, 3.8) is 0 Å². The molecule has 0 aromatic heterocycles. The van der Waals surface area contributed by atoms with Crippen LogP contribution in [-0.4, -0.2) is 26.3 Å². The first-order valence-corrected chi connectivity index (χ1v) is 38.3. The number of nitrogens with one attached hydrogen (secondary N) is 1. The first kappa shape index (κ1) is 91.4. The van der Waals surface area contributed by atoms with Gasteiger partial charge in [0.05, 0.1) is 41.7 Å². The van der Waals surface area contributed by atoms with Crippen LogP contribution in [0.1, 0.15) is 219 Å². The summed E-state index contributed by atoms with van der Waals surface area (Å²) in [7, 11) is 2.32. The third kappa shape index (κ3) is 18.6. The van der Waals surface area contributed by atoms with Gasteiger partial charge in [0.1, 0.15) is 40.9 Å². The Labute approximate surface area is 639 Å². The fourth-order valence-corrected chi connectivity index (χ4v) is 15.3. The van der Waals surface area contributed by atoms with Gasteiger partial charge in [-0.15, -0.1) is 21.9 Å². The van der Waals surface area contributed by atoms with E-state index in [1.807, 2.05) is 0 Å². The first-order chi connectivity index (χ1) is 54.3. The van der Waals surface area contributed by atoms with Gasteiger partial charge < -0.3 is 9.64 Å². The maximum absolute atomic E-state index is 17.3. The number of rotatable bonds is 40. The Bertz CT molecular complexity index is 4400. The van der Waals surface area contributed by atoms with Gasteiger partial charge in [0.2, 0.25) is 0 Å². The maximum Gasteiger partial charge on any atom is 0.198 e. The molecule has 0 aliphatic rings. The molecule has 1 unspecified atom stereocenters. The second-order valence-electron chi connectivity index (χ2n) is 28.8. The SMILES string of the molecule is CCCCCCCCCCCCCCCCCCOc1ccc([NH+](C)CCCCCCCCCCCCCCCCCC)cc1.Fc1c(F)c(F)c2c([B-](c3c(F)c(F)c(F)c4c(F)c(F)c(F)c(F)c34)(c3c(F)c(F)c(F)c4c(F)c(F)c(F)c(F)c34)c3c(F)c(F)c(F)c4c(F)c(F)c(F)c(F)c34)c(F)c(F)c(F)c2c1F. The van der Waals surface area contributed by atoms with Crippen LogP contribution in [0.3, 0.4) is 0 Å². The van der Waals surface area contributed by atoms with Gasteiger partial charge in [0.15, 0.2) is 140 Å². The summed E-state index contributed by atoms with van der Waals surface area (Å²) in [5.41, 5.74) is -14.1. The van der Waals surface area contributed by atoms with Crippen molar-refractivity contribution >= 4 is 76.8 Å². The van der Waals surface area contributed by atoms with Gasteiger partial charge in [0, 0.05) is 12.1 Å². The van der Waals surface area contributed by atoms with E-state index >= 15 is 105 Å². The van der Waals surface area contributed by atoms with Crippen LogP contribution in [0.2, 0.25) is 0 Å². The molecule has 624 valence electrons. The van der Waals surface area contributed by atoms with Crippen LogP contribution in [0, 0.1) is 163 Å². The maximum atomic E-state index is 17.3. The number of unbranched alkanes of at least 4 members (excludes halogenated alkanes) is 30. The highest BCUT2D eigenvalue weighted by Gasteiger charge is 2.52. The van der Waals surface area contributed by atoms with Gasteiger partial charge in [-0.25, -0.2) is 123 Å². The lowest BCUT2D eigenvalue weighted by molar-refractivity contribution is -0.810. The summed E-state index contributed by atoms with van der Waals surface area (Å²) in [5, 5.41) is -27.0. The van der Waals surface area contributed by atoms with Crippen LogP contribution in [-0.2, 0) is 0 Å². The Balaban J connectivity index is 0.000000315. The molecule has 0 bridgehead atoms. The monoisotopic (exact) mass is 1650 g/mol. The van der Waals surface area contributed by atoms with Crippen molar-refractivity contribution in [2.24, 2.45) is 0 Å². The average Bonchev–Trinajstić information content (AvgIpc) is 0.661. The second-order valence-corrected chi connectivity index (χ2v) is 28.8. The van der Waals surface area contributed by atoms with E-state index < -0.39 is 234 Å². The molecule has 114 heavy (non-hydrogen) atoms. The molecule has 0 saturated heterocycles. The summed E-state index contributed by atoms with van der Waals surface area (Å²) in [6, 6.07) is 8.90. The number of quaternary nitrogens is 1. The van der Waals surface area contributed by atoms with Gasteiger partial charge in [0.25, 0.3) is 0 Å². The van der Waals surface area contributed by atoms with E-state index in [9.17, 15) is 17.6 Å². The van der Waals surface area contributed by atoms with Crippen LogP contribution < -0.4 is 31.5 Å². The first-order valence-electron chi connectivity index (χ1n) is 38.3. The summed E-state index contributed by atoms with van der Waals surface area (Å²) in [4.78, 5) is 1.53. The number of hydrogen-bond acceptors (Lipinski definition) is 1. The van der Waals surface area contributed by atoms with Crippen LogP contribution in [0.5, 0.6) is 5.75 Å². The second kappa shape index (κ2) is 41.1. The summed E-state index contributed by atoms with van der Waals surface area (Å²) in [6.07, 6.45) is 37.5. The molecule has 0 amide bonds. The standard InChI is InChI=1S/C43H81NO.C40BF28/c1-4-6-8-10-12-14-16-18-20-22-24-26-28-30-32-34-40-44(3)42-36-38-43(39-37-42)45-41-35-33-31-29-27-25-23-21-19-17-15-13-11-9-7-5-2;42-13-1-5(21(50)37(66)33(13)62)17(46)29(58)25(54)9(1)41(10-2-6(18(47)30(59)26(10)55)22(51)38(67)34(63)14(2)43,11-3-7(19(48)31(60)27(11)56)23(52)39(68)35(64)15(3)44)12-4-8(20(49)32(61)28(12)57)24(53)40(69)36(65)16(4)45/h36-39H,4-35,40-41H2,1-3H3;/q;-1/p+1. The van der Waals surface area contributed by atoms with Crippen molar-refractivity contribution in [3.05, 3.63) is 187 Å². The number of halogens is 28. The molecule has 0 aliphatic heterocycles. The molecule has 0 fully saturated rings. The smallest absolute Gasteiger partial charge is 0.198 e. The van der Waals surface area contributed by atoms with E-state index in [4.69, 9.17) is 4.74 Å². The van der Waals surface area contributed by atoms with E-state index in [-0.39, 0.29) is 0 Å². The quantitative estimate of drug-likeness (QED) is 0.0133. The topological polar surface area (TPSA) is 13.7 Å². The minimum absolute atomic E-state index is 0.861. The molecule has 0 radical (unpaired) electrons. The van der Waals surface area contributed by atoms with Crippen molar-refractivity contribution in [1.82, 2.24) is 0 Å². The number of ether oxygens (including phenoxy) is 1. The highest BCUT2D eigenvalue weighted by Crippen LogP contribution is 2.42. The van der Waals surface area contributed by atoms with Gasteiger partial charge in [-0.1, -0.05) is 200 Å². The van der Waals surface area contributed by atoms with Crippen LogP contribution in [0.4, 0.5) is 129 Å². The molecule has 9 aromatic rings. The van der Waals surface area contributed by atoms with E-state index in [0.717, 1.165) is 12.4 Å². The van der Waals surface area contributed by atoms with E-state index in [1.165, 1.54) is 223 Å². The van der Waals surface area contributed by atoms with E-state index in [1.54, 1.807) is 0 Å². The Morgan fingerprint density at radius 3 is 0.596 bits per heavy atom. The van der Waals surface area contributed by atoms with Gasteiger partial charge in [-0.3, -0.25) is 0 Å². The van der Waals surface area contributed by atoms with Crippen LogP contribution in [0.25, 0.3) is 43.1 Å². The Hall–Kier alpha value is -8.12. The molecule has 31 heteroatoms. The molecule has 1 atom stereocenters. The largest absolute Gasteiger partial charge is 0.494 e. The van der Waals surface area contributed by atoms with Crippen molar-refractivity contribution in [2.45, 2.75) is 219 Å². The summed E-state index contributed by atoms with van der Waals surface area (Å²) in [6.45, 7) is 6.70.